The molecule has 0 aromatic rings. The van der Waals surface area contributed by atoms with E-state index in [1.165, 1.54) is 0 Å². The monoisotopic (exact) mass is 330 g/mol. The predicted octanol–water partition coefficient (Wildman–Crippen LogP) is 0.689. The standard InChI is InChI=1S/C6H10N4S6/c7-3(11)15-5(13)9-1-2-10-6(14)16-4(8)12/h1-2H2,(H2,7,11)(H2,8,12)(H,9,13)(H,10,14). The Morgan fingerprint density at radius 1 is 0.812 bits per heavy atom. The first kappa shape index (κ1) is 16.3. The van der Waals surface area contributed by atoms with E-state index in [0.29, 0.717) is 30.4 Å². The number of nitrogens with one attached hydrogen (secondary N) is 2. The van der Waals surface area contributed by atoms with Crippen molar-refractivity contribution in [3.05, 3.63) is 0 Å². The molecular formula is C6H10N4S6. The van der Waals surface area contributed by atoms with E-state index in [2.05, 4.69) is 35.1 Å². The smallest absolute Gasteiger partial charge is 0.140 e. The Balaban J connectivity index is 3.53. The van der Waals surface area contributed by atoms with Gasteiger partial charge in [0.25, 0.3) is 0 Å². The molecule has 0 amide bonds. The van der Waals surface area contributed by atoms with Crippen LogP contribution in [0.25, 0.3) is 0 Å². The van der Waals surface area contributed by atoms with Gasteiger partial charge in [-0.05, 0) is 23.5 Å². The van der Waals surface area contributed by atoms with Crippen LogP contribution in [0.15, 0.2) is 0 Å². The maximum Gasteiger partial charge on any atom is 0.140 e. The second-order valence-electron chi connectivity index (χ2n) is 2.27. The average molecular weight is 331 g/mol. The molecule has 0 radical (unpaired) electrons. The van der Waals surface area contributed by atoms with Gasteiger partial charge >= 0.3 is 0 Å². The Morgan fingerprint density at radius 2 is 1.12 bits per heavy atom. The molecule has 0 bridgehead atoms. The molecule has 90 valence electrons. The zero-order valence-corrected chi connectivity index (χ0v) is 12.9. The van der Waals surface area contributed by atoms with Crippen LogP contribution in [-0.2, 0) is 0 Å². The second-order valence-corrected chi connectivity index (χ2v) is 7.10. The van der Waals surface area contributed by atoms with Gasteiger partial charge in [0.05, 0.1) is 0 Å². The second kappa shape index (κ2) is 9.31. The lowest BCUT2D eigenvalue weighted by Gasteiger charge is -2.08. The summed E-state index contributed by atoms with van der Waals surface area (Å²) < 4.78 is 1.68. The van der Waals surface area contributed by atoms with Crippen molar-refractivity contribution in [2.75, 3.05) is 13.1 Å². The molecule has 0 aliphatic heterocycles. The van der Waals surface area contributed by atoms with Gasteiger partial charge in [0, 0.05) is 13.1 Å². The summed E-state index contributed by atoms with van der Waals surface area (Å²) in [6, 6.07) is 0. The molecule has 0 aromatic heterocycles. The number of hydrogen-bond donors (Lipinski definition) is 4. The third-order valence-electron chi connectivity index (χ3n) is 1.05. The molecule has 0 fully saturated rings. The number of thiocarbonyl (C=S) groups is 4. The lowest BCUT2D eigenvalue weighted by atomic mass is 10.6. The predicted molar refractivity (Wildman–Crippen MR) is 90.0 cm³/mol. The summed E-state index contributed by atoms with van der Waals surface area (Å²) in [5.74, 6) is 0. The molecule has 10 heteroatoms. The highest BCUT2D eigenvalue weighted by molar-refractivity contribution is 8.38. The van der Waals surface area contributed by atoms with Crippen LogP contribution in [0.5, 0.6) is 0 Å². The first-order chi connectivity index (χ1) is 7.41. The Hall–Kier alpha value is 0.260. The molecule has 0 atom stereocenters. The van der Waals surface area contributed by atoms with Crippen molar-refractivity contribution in [1.82, 2.24) is 10.6 Å². The summed E-state index contributed by atoms with van der Waals surface area (Å²) in [4.78, 5) is 0. The number of nitrogens with two attached hydrogens (primary N) is 2. The molecule has 0 unspecified atom stereocenters. The van der Waals surface area contributed by atoms with E-state index in [9.17, 15) is 0 Å². The van der Waals surface area contributed by atoms with Crippen LogP contribution in [0.1, 0.15) is 0 Å². The van der Waals surface area contributed by atoms with Crippen LogP contribution in [0.3, 0.4) is 0 Å². The van der Waals surface area contributed by atoms with E-state index in [-0.39, 0.29) is 0 Å². The van der Waals surface area contributed by atoms with Gasteiger partial charge in [-0.2, -0.15) is 0 Å². The molecule has 0 saturated carbocycles. The first-order valence-electron chi connectivity index (χ1n) is 3.92. The minimum Gasteiger partial charge on any atom is -0.384 e. The van der Waals surface area contributed by atoms with Gasteiger partial charge in [-0.25, -0.2) is 0 Å². The molecule has 6 N–H and O–H groups in total. The fourth-order valence-electron chi connectivity index (χ4n) is 0.584. The van der Waals surface area contributed by atoms with Gasteiger partial charge in [-0.3, -0.25) is 0 Å². The van der Waals surface area contributed by atoms with Gasteiger partial charge in [0.15, 0.2) is 0 Å². The molecule has 0 rings (SSSR count). The summed E-state index contributed by atoms with van der Waals surface area (Å²) in [5, 5.41) is 5.91. The van der Waals surface area contributed by atoms with Crippen LogP contribution >= 0.6 is 72.4 Å². The first-order valence-corrected chi connectivity index (χ1v) is 7.18. The number of thioether (sulfide) groups is 2. The van der Waals surface area contributed by atoms with Gasteiger partial charge in [-0.15, -0.1) is 0 Å². The van der Waals surface area contributed by atoms with Crippen molar-refractivity contribution in [1.29, 1.82) is 0 Å². The molecular weight excluding hydrogens is 320 g/mol. The fraction of sp³-hybridized carbons (Fsp3) is 0.333. The third kappa shape index (κ3) is 10.8. The third-order valence-corrected chi connectivity index (χ3v) is 3.40. The van der Waals surface area contributed by atoms with Crippen molar-refractivity contribution >= 4 is 89.7 Å². The Kier molecular flexibility index (Phi) is 9.46. The van der Waals surface area contributed by atoms with E-state index >= 15 is 0 Å². The lowest BCUT2D eigenvalue weighted by molar-refractivity contribution is 0.834. The van der Waals surface area contributed by atoms with Crippen LogP contribution in [0.4, 0.5) is 0 Å². The molecule has 0 saturated heterocycles. The molecule has 0 heterocycles. The summed E-state index contributed by atoms with van der Waals surface area (Å²) in [6.07, 6.45) is 0. The van der Waals surface area contributed by atoms with Crippen molar-refractivity contribution in [2.45, 2.75) is 0 Å². The van der Waals surface area contributed by atoms with Gasteiger partial charge in [0.2, 0.25) is 0 Å². The average Bonchev–Trinajstić information content (AvgIpc) is 2.10. The van der Waals surface area contributed by atoms with E-state index in [4.69, 9.17) is 35.9 Å². The number of rotatable bonds is 3. The topological polar surface area (TPSA) is 76.1 Å². The minimum absolute atomic E-state index is 0.296. The minimum atomic E-state index is 0.296. The Labute approximate surface area is 124 Å². The van der Waals surface area contributed by atoms with Gasteiger partial charge < -0.3 is 22.1 Å². The van der Waals surface area contributed by atoms with Crippen LogP contribution in [0, 0.1) is 0 Å². The van der Waals surface area contributed by atoms with Crippen molar-refractivity contribution in [3.8, 4) is 0 Å². The van der Waals surface area contributed by atoms with E-state index < -0.39 is 0 Å². The van der Waals surface area contributed by atoms with Gasteiger partial charge in [-0.1, -0.05) is 48.9 Å². The normalized spacial score (nSPS) is 9.25. The Bertz CT molecular complexity index is 273. The van der Waals surface area contributed by atoms with Crippen molar-refractivity contribution in [3.63, 3.8) is 0 Å². The lowest BCUT2D eigenvalue weighted by Crippen LogP contribution is -2.32. The fourth-order valence-corrected chi connectivity index (χ4v) is 2.86. The Morgan fingerprint density at radius 3 is 1.38 bits per heavy atom. The highest BCUT2D eigenvalue weighted by Crippen LogP contribution is 2.01. The molecule has 16 heavy (non-hydrogen) atoms. The van der Waals surface area contributed by atoms with E-state index in [1.807, 2.05) is 0 Å². The molecule has 0 aliphatic rings. The maximum atomic E-state index is 5.30. The van der Waals surface area contributed by atoms with Crippen LogP contribution < -0.4 is 22.1 Å². The summed E-state index contributed by atoms with van der Waals surface area (Å²) in [6.45, 7) is 1.24. The highest BCUT2D eigenvalue weighted by Gasteiger charge is 2.00. The highest BCUT2D eigenvalue weighted by atomic mass is 32.2. The zero-order chi connectivity index (χ0) is 12.6. The SMILES string of the molecule is NC(=S)SC(=S)NCCNC(=S)SC(N)=S. The van der Waals surface area contributed by atoms with Crippen LogP contribution in [0.2, 0.25) is 0 Å². The largest absolute Gasteiger partial charge is 0.384 e. The molecule has 4 nitrogen and oxygen atoms in total. The zero-order valence-electron chi connectivity index (χ0n) is 8.02. The summed E-state index contributed by atoms with van der Waals surface area (Å²) in [7, 11) is 0. The number of hydrogen-bond acceptors (Lipinski definition) is 6. The quantitative estimate of drug-likeness (QED) is 0.438. The molecule has 0 spiro atoms. The molecule has 0 aromatic carbocycles. The van der Waals surface area contributed by atoms with Crippen LogP contribution in [-0.4, -0.2) is 30.4 Å². The van der Waals surface area contributed by atoms with E-state index in [0.717, 1.165) is 23.5 Å². The van der Waals surface area contributed by atoms with Crippen molar-refractivity contribution in [2.24, 2.45) is 11.5 Å². The van der Waals surface area contributed by atoms with Gasteiger partial charge in [0.1, 0.15) is 17.3 Å². The van der Waals surface area contributed by atoms with E-state index in [1.54, 1.807) is 0 Å². The summed E-state index contributed by atoms with van der Waals surface area (Å²) >= 11 is 21.6. The molecule has 0 aliphatic carbocycles. The van der Waals surface area contributed by atoms with Crippen molar-refractivity contribution < 1.29 is 0 Å². The maximum absolute atomic E-state index is 5.30. The summed E-state index contributed by atoms with van der Waals surface area (Å²) in [5.41, 5.74) is 10.6.